The van der Waals surface area contributed by atoms with E-state index in [1.165, 1.54) is 13.8 Å². The highest BCUT2D eigenvalue weighted by atomic mass is 16.6. The SMILES string of the molecule is C=C(C)CCC(=O)C(C)CCCC1(C)OC/C(=C/COC(C)=O)CCC1OC(C)=O. The zero-order chi connectivity index (χ0) is 22.7. The van der Waals surface area contributed by atoms with Crippen LogP contribution in [-0.2, 0) is 28.6 Å². The first-order chi connectivity index (χ1) is 14.0. The molecule has 30 heavy (non-hydrogen) atoms. The van der Waals surface area contributed by atoms with Crippen LogP contribution in [-0.4, -0.2) is 42.6 Å². The molecule has 0 aromatic heterocycles. The molecule has 1 aliphatic heterocycles. The number of rotatable bonds is 11. The average molecular weight is 423 g/mol. The van der Waals surface area contributed by atoms with Crippen molar-refractivity contribution in [1.82, 2.24) is 0 Å². The molecule has 0 radical (unpaired) electrons. The molecule has 1 rings (SSSR count). The minimum atomic E-state index is -0.622. The fraction of sp³-hybridized carbons (Fsp3) is 0.708. The molecule has 0 aromatic carbocycles. The van der Waals surface area contributed by atoms with Crippen LogP contribution in [0.4, 0.5) is 0 Å². The number of carbonyl (C=O) groups excluding carboxylic acids is 3. The predicted molar refractivity (Wildman–Crippen MR) is 116 cm³/mol. The van der Waals surface area contributed by atoms with Gasteiger partial charge < -0.3 is 14.2 Å². The molecule has 0 amide bonds. The number of hydrogen-bond acceptors (Lipinski definition) is 6. The second-order valence-corrected chi connectivity index (χ2v) is 8.62. The molecule has 0 spiro atoms. The van der Waals surface area contributed by atoms with Crippen molar-refractivity contribution in [3.05, 3.63) is 23.8 Å². The molecule has 1 aliphatic rings. The lowest BCUT2D eigenvalue weighted by atomic mass is 9.87. The van der Waals surface area contributed by atoms with Gasteiger partial charge in [-0.25, -0.2) is 0 Å². The molecule has 0 bridgehead atoms. The molecule has 0 N–H and O–H groups in total. The molecule has 6 heteroatoms. The first kappa shape index (κ1) is 26.1. The third-order valence-electron chi connectivity index (χ3n) is 5.62. The van der Waals surface area contributed by atoms with Crippen LogP contribution in [0.5, 0.6) is 0 Å². The third kappa shape index (κ3) is 9.70. The zero-order valence-corrected chi connectivity index (χ0v) is 19.3. The van der Waals surface area contributed by atoms with Crippen molar-refractivity contribution in [2.45, 2.75) is 91.3 Å². The van der Waals surface area contributed by atoms with E-state index in [0.29, 0.717) is 32.3 Å². The van der Waals surface area contributed by atoms with Crippen LogP contribution in [0.15, 0.2) is 23.8 Å². The summed E-state index contributed by atoms with van der Waals surface area (Å²) in [6, 6.07) is 0. The molecule has 0 aliphatic carbocycles. The van der Waals surface area contributed by atoms with E-state index in [9.17, 15) is 14.4 Å². The maximum atomic E-state index is 12.3. The monoisotopic (exact) mass is 422 g/mol. The van der Waals surface area contributed by atoms with Gasteiger partial charge in [0.25, 0.3) is 0 Å². The van der Waals surface area contributed by atoms with Crippen molar-refractivity contribution < 1.29 is 28.6 Å². The number of allylic oxidation sites excluding steroid dienone is 1. The van der Waals surface area contributed by atoms with E-state index in [-0.39, 0.29) is 36.4 Å². The van der Waals surface area contributed by atoms with Crippen LogP contribution in [0.25, 0.3) is 0 Å². The Kier molecular flexibility index (Phi) is 11.0. The van der Waals surface area contributed by atoms with E-state index in [1.807, 2.05) is 26.8 Å². The number of carbonyl (C=O) groups is 3. The standard InChI is InChI=1S/C24H38O6/c1-17(2)9-11-22(27)18(3)8-7-14-24(6)23(30-20(5)26)12-10-21(16-29-24)13-15-28-19(4)25/h13,18,23H,1,7-12,14-16H2,2-6H3/b21-13+. The quantitative estimate of drug-likeness (QED) is 0.354. The van der Waals surface area contributed by atoms with Gasteiger partial charge in [0, 0.05) is 26.2 Å². The topological polar surface area (TPSA) is 78.9 Å². The maximum absolute atomic E-state index is 12.3. The molecular weight excluding hydrogens is 384 g/mol. The first-order valence-electron chi connectivity index (χ1n) is 10.8. The summed E-state index contributed by atoms with van der Waals surface area (Å²) in [5, 5.41) is 0. The van der Waals surface area contributed by atoms with Crippen molar-refractivity contribution in [1.29, 1.82) is 0 Å². The van der Waals surface area contributed by atoms with Gasteiger partial charge >= 0.3 is 11.9 Å². The van der Waals surface area contributed by atoms with E-state index in [2.05, 4.69) is 6.58 Å². The molecule has 0 aromatic rings. The minimum Gasteiger partial charge on any atom is -0.462 e. The van der Waals surface area contributed by atoms with Crippen LogP contribution in [0.3, 0.4) is 0 Å². The Morgan fingerprint density at radius 1 is 1.23 bits per heavy atom. The lowest BCUT2D eigenvalue weighted by Crippen LogP contribution is -2.43. The van der Waals surface area contributed by atoms with E-state index in [0.717, 1.165) is 30.4 Å². The highest BCUT2D eigenvalue weighted by molar-refractivity contribution is 5.80. The van der Waals surface area contributed by atoms with Crippen LogP contribution in [0.1, 0.15) is 79.6 Å². The number of esters is 2. The smallest absolute Gasteiger partial charge is 0.303 e. The summed E-state index contributed by atoms with van der Waals surface area (Å²) in [5.74, 6) is -0.399. The Hall–Kier alpha value is -1.95. The highest BCUT2D eigenvalue weighted by Crippen LogP contribution is 2.34. The summed E-state index contributed by atoms with van der Waals surface area (Å²) in [5.41, 5.74) is 1.43. The van der Waals surface area contributed by atoms with E-state index in [4.69, 9.17) is 14.2 Å². The molecule has 3 unspecified atom stereocenters. The highest BCUT2D eigenvalue weighted by Gasteiger charge is 2.39. The third-order valence-corrected chi connectivity index (χ3v) is 5.62. The molecule has 3 atom stereocenters. The van der Waals surface area contributed by atoms with Gasteiger partial charge in [-0.3, -0.25) is 14.4 Å². The van der Waals surface area contributed by atoms with Gasteiger partial charge in [-0.05, 0) is 64.0 Å². The Labute approximate surface area is 181 Å². The first-order valence-corrected chi connectivity index (χ1v) is 10.8. The molecule has 1 fully saturated rings. The van der Waals surface area contributed by atoms with Gasteiger partial charge in [-0.15, -0.1) is 6.58 Å². The number of ether oxygens (including phenoxy) is 3. The van der Waals surface area contributed by atoms with E-state index in [1.54, 1.807) is 0 Å². The van der Waals surface area contributed by atoms with Crippen LogP contribution >= 0.6 is 0 Å². The summed E-state index contributed by atoms with van der Waals surface area (Å²) < 4.78 is 16.8. The Balaban J connectivity index is 2.69. The second-order valence-electron chi connectivity index (χ2n) is 8.62. The van der Waals surface area contributed by atoms with Crippen molar-refractivity contribution in [3.63, 3.8) is 0 Å². The number of ketones is 1. The zero-order valence-electron chi connectivity index (χ0n) is 19.3. The Morgan fingerprint density at radius 2 is 1.93 bits per heavy atom. The van der Waals surface area contributed by atoms with Crippen molar-refractivity contribution in [3.8, 4) is 0 Å². The molecule has 6 nitrogen and oxygen atoms in total. The second kappa shape index (κ2) is 12.7. The lowest BCUT2D eigenvalue weighted by Gasteiger charge is -2.35. The van der Waals surface area contributed by atoms with Crippen molar-refractivity contribution in [2.75, 3.05) is 13.2 Å². The van der Waals surface area contributed by atoms with Crippen LogP contribution in [0, 0.1) is 5.92 Å². The van der Waals surface area contributed by atoms with Crippen molar-refractivity contribution in [2.24, 2.45) is 5.92 Å². The summed E-state index contributed by atoms with van der Waals surface area (Å²) in [6.45, 7) is 13.1. The Bertz CT molecular complexity index is 650. The van der Waals surface area contributed by atoms with Gasteiger partial charge in [-0.1, -0.05) is 12.5 Å². The van der Waals surface area contributed by atoms with Gasteiger partial charge in [0.15, 0.2) is 0 Å². The summed E-state index contributed by atoms with van der Waals surface area (Å²) in [6.07, 6.45) is 6.42. The Morgan fingerprint density at radius 3 is 2.53 bits per heavy atom. The molecular formula is C24H38O6. The van der Waals surface area contributed by atoms with Crippen LogP contribution in [0.2, 0.25) is 0 Å². The largest absolute Gasteiger partial charge is 0.462 e. The fourth-order valence-electron chi connectivity index (χ4n) is 3.60. The molecule has 170 valence electrons. The average Bonchev–Trinajstić information content (AvgIpc) is 2.79. The van der Waals surface area contributed by atoms with Gasteiger partial charge in [0.05, 0.1) is 6.61 Å². The maximum Gasteiger partial charge on any atom is 0.303 e. The van der Waals surface area contributed by atoms with Gasteiger partial charge in [-0.2, -0.15) is 0 Å². The molecule has 1 saturated heterocycles. The summed E-state index contributed by atoms with van der Waals surface area (Å²) in [7, 11) is 0. The lowest BCUT2D eigenvalue weighted by molar-refractivity contribution is -0.167. The normalized spacial score (nSPS) is 24.0. The number of hydrogen-bond donors (Lipinski definition) is 0. The van der Waals surface area contributed by atoms with Gasteiger partial charge in [0.1, 0.15) is 24.1 Å². The predicted octanol–water partition coefficient (Wildman–Crippen LogP) is 4.71. The van der Waals surface area contributed by atoms with E-state index < -0.39 is 5.60 Å². The summed E-state index contributed by atoms with van der Waals surface area (Å²) >= 11 is 0. The molecule has 1 heterocycles. The van der Waals surface area contributed by atoms with E-state index >= 15 is 0 Å². The minimum absolute atomic E-state index is 0.00918. The van der Waals surface area contributed by atoms with Gasteiger partial charge in [0.2, 0.25) is 0 Å². The number of Topliss-reactive ketones (excluding diaryl/α,β-unsaturated/α-hetero) is 1. The summed E-state index contributed by atoms with van der Waals surface area (Å²) in [4.78, 5) is 34.9. The van der Waals surface area contributed by atoms with Crippen LogP contribution < -0.4 is 0 Å². The molecule has 0 saturated carbocycles. The fourth-order valence-corrected chi connectivity index (χ4v) is 3.60. The van der Waals surface area contributed by atoms with Crippen molar-refractivity contribution >= 4 is 17.7 Å².